The minimum absolute atomic E-state index is 0.704. The van der Waals surface area contributed by atoms with E-state index in [1.165, 1.54) is 38.6 Å². The van der Waals surface area contributed by atoms with Gasteiger partial charge in [0.1, 0.15) is 0 Å². The van der Waals surface area contributed by atoms with E-state index in [0.717, 1.165) is 24.4 Å². The summed E-state index contributed by atoms with van der Waals surface area (Å²) in [5.74, 6) is 1.67. The minimum Gasteiger partial charge on any atom is -0.312 e. The average Bonchev–Trinajstić information content (AvgIpc) is 2.30. The summed E-state index contributed by atoms with van der Waals surface area (Å²) in [7, 11) is 2.26. The molecule has 0 aromatic heterocycles. The molecule has 0 aliphatic heterocycles. The first-order valence-electron chi connectivity index (χ1n) is 7.94. The van der Waals surface area contributed by atoms with E-state index in [9.17, 15) is 0 Å². The molecule has 3 unspecified atom stereocenters. The second kappa shape index (κ2) is 8.16. The summed E-state index contributed by atoms with van der Waals surface area (Å²) in [4.78, 5) is 2.50. The zero-order valence-corrected chi connectivity index (χ0v) is 13.2. The Kier molecular flexibility index (Phi) is 7.25. The van der Waals surface area contributed by atoms with Crippen molar-refractivity contribution in [3.63, 3.8) is 0 Å². The van der Waals surface area contributed by atoms with E-state index in [1.807, 2.05) is 0 Å². The molecule has 0 amide bonds. The van der Waals surface area contributed by atoms with E-state index >= 15 is 0 Å². The van der Waals surface area contributed by atoms with Gasteiger partial charge in [-0.1, -0.05) is 33.6 Å². The molecular weight excluding hydrogens is 220 g/mol. The van der Waals surface area contributed by atoms with Crippen molar-refractivity contribution in [2.75, 3.05) is 20.1 Å². The molecule has 1 aliphatic rings. The molecule has 18 heavy (non-hydrogen) atoms. The Morgan fingerprint density at radius 1 is 1.17 bits per heavy atom. The molecule has 1 fully saturated rings. The van der Waals surface area contributed by atoms with Gasteiger partial charge in [-0.05, 0) is 45.1 Å². The van der Waals surface area contributed by atoms with Crippen molar-refractivity contribution < 1.29 is 0 Å². The quantitative estimate of drug-likeness (QED) is 0.748. The Labute approximate surface area is 115 Å². The molecule has 2 heteroatoms. The predicted molar refractivity (Wildman–Crippen MR) is 81.0 cm³/mol. The Morgan fingerprint density at radius 3 is 2.44 bits per heavy atom. The minimum atomic E-state index is 0.704. The molecule has 3 atom stereocenters. The lowest BCUT2D eigenvalue weighted by Crippen LogP contribution is -2.42. The lowest BCUT2D eigenvalue weighted by Gasteiger charge is -2.31. The number of nitrogens with one attached hydrogen (secondary N) is 1. The van der Waals surface area contributed by atoms with Gasteiger partial charge in [0, 0.05) is 25.2 Å². The summed E-state index contributed by atoms with van der Waals surface area (Å²) in [6, 6.07) is 1.48. The molecule has 0 saturated heterocycles. The van der Waals surface area contributed by atoms with E-state index in [1.54, 1.807) is 0 Å². The lowest BCUT2D eigenvalue weighted by atomic mass is 9.86. The number of hydrogen-bond acceptors (Lipinski definition) is 2. The normalized spacial score (nSPS) is 26.8. The second-order valence-corrected chi connectivity index (χ2v) is 6.78. The molecule has 0 aromatic carbocycles. The van der Waals surface area contributed by atoms with Crippen LogP contribution in [-0.4, -0.2) is 37.1 Å². The van der Waals surface area contributed by atoms with Crippen molar-refractivity contribution in [1.29, 1.82) is 0 Å². The van der Waals surface area contributed by atoms with Crippen molar-refractivity contribution in [1.82, 2.24) is 10.2 Å². The monoisotopic (exact) mass is 254 g/mol. The van der Waals surface area contributed by atoms with Gasteiger partial charge in [-0.2, -0.15) is 0 Å². The molecule has 0 bridgehead atoms. The van der Waals surface area contributed by atoms with Gasteiger partial charge in [-0.15, -0.1) is 0 Å². The number of hydrogen-bond donors (Lipinski definition) is 1. The van der Waals surface area contributed by atoms with Crippen LogP contribution < -0.4 is 5.32 Å². The van der Waals surface area contributed by atoms with Gasteiger partial charge < -0.3 is 10.2 Å². The summed E-state index contributed by atoms with van der Waals surface area (Å²) < 4.78 is 0. The zero-order chi connectivity index (χ0) is 13.5. The van der Waals surface area contributed by atoms with Crippen LogP contribution in [0.2, 0.25) is 0 Å². The fourth-order valence-corrected chi connectivity index (χ4v) is 3.13. The molecule has 1 aliphatic carbocycles. The van der Waals surface area contributed by atoms with Crippen LogP contribution in [0.15, 0.2) is 0 Å². The van der Waals surface area contributed by atoms with Crippen molar-refractivity contribution in [2.45, 2.75) is 71.9 Å². The largest absolute Gasteiger partial charge is 0.312 e. The van der Waals surface area contributed by atoms with Gasteiger partial charge >= 0.3 is 0 Å². The fraction of sp³-hybridized carbons (Fsp3) is 1.00. The molecule has 108 valence electrons. The van der Waals surface area contributed by atoms with Gasteiger partial charge in [0.2, 0.25) is 0 Å². The maximum Gasteiger partial charge on any atom is 0.0107 e. The molecule has 1 rings (SSSR count). The van der Waals surface area contributed by atoms with Crippen LogP contribution >= 0.6 is 0 Å². The summed E-state index contributed by atoms with van der Waals surface area (Å²) in [5, 5.41) is 3.77. The highest BCUT2D eigenvalue weighted by atomic mass is 15.1. The van der Waals surface area contributed by atoms with Gasteiger partial charge in [0.05, 0.1) is 0 Å². The van der Waals surface area contributed by atoms with Gasteiger partial charge in [0.25, 0.3) is 0 Å². The molecule has 2 nitrogen and oxygen atoms in total. The molecule has 0 radical (unpaired) electrons. The lowest BCUT2D eigenvalue weighted by molar-refractivity contribution is 0.213. The Morgan fingerprint density at radius 2 is 1.83 bits per heavy atom. The highest BCUT2D eigenvalue weighted by Gasteiger charge is 2.20. The molecule has 0 spiro atoms. The number of rotatable bonds is 7. The van der Waals surface area contributed by atoms with Crippen LogP contribution in [0.3, 0.4) is 0 Å². The van der Waals surface area contributed by atoms with Crippen LogP contribution in [0.25, 0.3) is 0 Å². The third kappa shape index (κ3) is 5.71. The molecular formula is C16H34N2. The molecule has 1 N–H and O–H groups in total. The predicted octanol–water partition coefficient (Wildman–Crippen LogP) is 3.52. The first-order chi connectivity index (χ1) is 8.50. The van der Waals surface area contributed by atoms with Crippen LogP contribution in [-0.2, 0) is 0 Å². The Hall–Kier alpha value is -0.0800. The molecule has 1 saturated carbocycles. The van der Waals surface area contributed by atoms with Crippen LogP contribution in [0.5, 0.6) is 0 Å². The van der Waals surface area contributed by atoms with E-state index in [0.29, 0.717) is 6.04 Å². The maximum atomic E-state index is 3.77. The number of likely N-dealkylation sites (N-methyl/N-ethyl adjacent to an activating group) is 1. The highest BCUT2D eigenvalue weighted by molar-refractivity contribution is 4.78. The average molecular weight is 254 g/mol. The standard InChI is InChI=1S/C16H34N2/c1-13(2)12-15(4)18(5)11-10-17-16-9-7-6-8-14(16)3/h13-17H,6-12H2,1-5H3. The summed E-state index contributed by atoms with van der Waals surface area (Å²) in [6.07, 6.45) is 6.95. The van der Waals surface area contributed by atoms with Crippen LogP contribution in [0.1, 0.15) is 59.8 Å². The topological polar surface area (TPSA) is 15.3 Å². The van der Waals surface area contributed by atoms with E-state index in [4.69, 9.17) is 0 Å². The number of nitrogens with zero attached hydrogens (tertiary/aromatic N) is 1. The second-order valence-electron chi connectivity index (χ2n) is 6.78. The maximum absolute atomic E-state index is 3.77. The summed E-state index contributed by atoms with van der Waals surface area (Å²) in [5.41, 5.74) is 0. The Bertz CT molecular complexity index is 215. The van der Waals surface area contributed by atoms with Gasteiger partial charge in [-0.25, -0.2) is 0 Å². The fourth-order valence-electron chi connectivity index (χ4n) is 3.13. The van der Waals surface area contributed by atoms with Crippen LogP contribution in [0, 0.1) is 11.8 Å². The van der Waals surface area contributed by atoms with Crippen molar-refractivity contribution in [2.24, 2.45) is 11.8 Å². The van der Waals surface area contributed by atoms with E-state index in [-0.39, 0.29) is 0 Å². The van der Waals surface area contributed by atoms with Gasteiger partial charge in [0.15, 0.2) is 0 Å². The van der Waals surface area contributed by atoms with Crippen molar-refractivity contribution in [3.05, 3.63) is 0 Å². The smallest absolute Gasteiger partial charge is 0.0107 e. The molecule has 0 heterocycles. The highest BCUT2D eigenvalue weighted by Crippen LogP contribution is 2.23. The van der Waals surface area contributed by atoms with Crippen molar-refractivity contribution in [3.8, 4) is 0 Å². The third-order valence-electron chi connectivity index (χ3n) is 4.55. The van der Waals surface area contributed by atoms with E-state index in [2.05, 4.69) is 45.0 Å². The third-order valence-corrected chi connectivity index (χ3v) is 4.55. The van der Waals surface area contributed by atoms with Crippen LogP contribution in [0.4, 0.5) is 0 Å². The zero-order valence-electron chi connectivity index (χ0n) is 13.2. The first-order valence-corrected chi connectivity index (χ1v) is 7.94. The molecule has 0 aromatic rings. The van der Waals surface area contributed by atoms with E-state index < -0.39 is 0 Å². The Balaban J connectivity index is 2.16. The van der Waals surface area contributed by atoms with Gasteiger partial charge in [-0.3, -0.25) is 0 Å². The van der Waals surface area contributed by atoms with Crippen molar-refractivity contribution >= 4 is 0 Å². The summed E-state index contributed by atoms with van der Waals surface area (Å²) >= 11 is 0. The first kappa shape index (κ1) is 16.0. The SMILES string of the molecule is CC(C)CC(C)N(C)CCNC1CCCCC1C. The summed E-state index contributed by atoms with van der Waals surface area (Å²) in [6.45, 7) is 11.7.